The fourth-order valence-electron chi connectivity index (χ4n) is 1.06. The summed E-state index contributed by atoms with van der Waals surface area (Å²) >= 11 is 5.44. The number of rotatable bonds is 2. The van der Waals surface area contributed by atoms with E-state index in [1.807, 2.05) is 20.8 Å². The predicted octanol–water partition coefficient (Wildman–Crippen LogP) is 3.51. The molecule has 0 amide bonds. The van der Waals surface area contributed by atoms with E-state index in [4.69, 9.17) is 11.6 Å². The van der Waals surface area contributed by atoms with Crippen LogP contribution in [0.4, 0.5) is 8.78 Å². The topological polar surface area (TPSA) is 12.0 Å². The van der Waals surface area contributed by atoms with E-state index in [9.17, 15) is 8.78 Å². The first-order valence-electron chi connectivity index (χ1n) is 4.68. The highest BCUT2D eigenvalue weighted by molar-refractivity contribution is 6.30. The van der Waals surface area contributed by atoms with Crippen LogP contribution in [-0.4, -0.2) is 5.54 Å². The van der Waals surface area contributed by atoms with Crippen molar-refractivity contribution in [3.8, 4) is 0 Å². The maximum absolute atomic E-state index is 13.3. The SMILES string of the molecule is CC(C)(C)NCc1cc(F)c(Cl)cc1F. The Morgan fingerprint density at radius 3 is 2.33 bits per heavy atom. The van der Waals surface area contributed by atoms with Crippen molar-refractivity contribution < 1.29 is 8.78 Å². The summed E-state index contributed by atoms with van der Waals surface area (Å²) in [5.41, 5.74) is 0.148. The molecule has 4 heteroatoms. The van der Waals surface area contributed by atoms with Crippen molar-refractivity contribution in [1.82, 2.24) is 5.32 Å². The van der Waals surface area contributed by atoms with Gasteiger partial charge in [0.15, 0.2) is 0 Å². The van der Waals surface area contributed by atoms with Gasteiger partial charge in [-0.15, -0.1) is 0 Å². The van der Waals surface area contributed by atoms with Gasteiger partial charge in [-0.1, -0.05) is 11.6 Å². The molecular formula is C11H14ClF2N. The lowest BCUT2D eigenvalue weighted by atomic mass is 10.1. The average molecular weight is 234 g/mol. The molecular weight excluding hydrogens is 220 g/mol. The molecule has 0 aliphatic rings. The van der Waals surface area contributed by atoms with Crippen LogP contribution < -0.4 is 5.32 Å². The van der Waals surface area contributed by atoms with Crippen LogP contribution in [0.5, 0.6) is 0 Å². The molecule has 1 N–H and O–H groups in total. The zero-order valence-electron chi connectivity index (χ0n) is 9.00. The molecule has 0 spiro atoms. The van der Waals surface area contributed by atoms with Crippen molar-refractivity contribution in [3.05, 3.63) is 34.4 Å². The molecule has 0 bridgehead atoms. The normalized spacial score (nSPS) is 11.9. The van der Waals surface area contributed by atoms with Crippen molar-refractivity contribution >= 4 is 11.6 Å². The Bertz CT molecular complexity index is 358. The number of benzene rings is 1. The smallest absolute Gasteiger partial charge is 0.142 e. The molecule has 0 aliphatic heterocycles. The van der Waals surface area contributed by atoms with Gasteiger partial charge in [-0.25, -0.2) is 8.78 Å². The summed E-state index contributed by atoms with van der Waals surface area (Å²) in [6.07, 6.45) is 0. The van der Waals surface area contributed by atoms with Gasteiger partial charge in [0.2, 0.25) is 0 Å². The Labute approximate surface area is 93.4 Å². The molecule has 84 valence electrons. The number of hydrogen-bond donors (Lipinski definition) is 1. The maximum atomic E-state index is 13.3. The second-order valence-electron chi connectivity index (χ2n) is 4.46. The molecule has 0 saturated carbocycles. The summed E-state index contributed by atoms with van der Waals surface area (Å²) in [4.78, 5) is 0. The molecule has 0 saturated heterocycles. The summed E-state index contributed by atoms with van der Waals surface area (Å²) in [7, 11) is 0. The van der Waals surface area contributed by atoms with Crippen molar-refractivity contribution in [2.24, 2.45) is 0 Å². The third kappa shape index (κ3) is 3.76. The molecule has 0 radical (unpaired) electrons. The van der Waals surface area contributed by atoms with Crippen molar-refractivity contribution in [2.45, 2.75) is 32.9 Å². The standard InChI is InChI=1S/C11H14ClF2N/c1-11(2,3)15-6-7-4-10(14)8(12)5-9(7)13/h4-5,15H,6H2,1-3H3. The highest BCUT2D eigenvalue weighted by Gasteiger charge is 2.12. The molecule has 0 heterocycles. The Morgan fingerprint density at radius 2 is 1.80 bits per heavy atom. The quantitative estimate of drug-likeness (QED) is 0.771. The highest BCUT2D eigenvalue weighted by Crippen LogP contribution is 2.19. The van der Waals surface area contributed by atoms with Crippen LogP contribution in [0.25, 0.3) is 0 Å². The summed E-state index contributed by atoms with van der Waals surface area (Å²) in [5.74, 6) is -1.08. The third-order valence-electron chi connectivity index (χ3n) is 1.90. The molecule has 1 rings (SSSR count). The van der Waals surface area contributed by atoms with E-state index in [1.54, 1.807) is 0 Å². The van der Waals surface area contributed by atoms with E-state index >= 15 is 0 Å². The largest absolute Gasteiger partial charge is 0.308 e. The minimum atomic E-state index is -0.594. The van der Waals surface area contributed by atoms with Gasteiger partial charge in [-0.05, 0) is 32.9 Å². The first-order valence-corrected chi connectivity index (χ1v) is 5.06. The summed E-state index contributed by atoms with van der Waals surface area (Å²) < 4.78 is 26.4. The van der Waals surface area contributed by atoms with Crippen LogP contribution in [0, 0.1) is 11.6 Å². The van der Waals surface area contributed by atoms with E-state index in [-0.39, 0.29) is 22.7 Å². The lowest BCUT2D eigenvalue weighted by Crippen LogP contribution is -2.35. The second-order valence-corrected chi connectivity index (χ2v) is 4.87. The predicted molar refractivity (Wildman–Crippen MR) is 58.0 cm³/mol. The average Bonchev–Trinajstić information content (AvgIpc) is 2.07. The van der Waals surface area contributed by atoms with Crippen LogP contribution >= 0.6 is 11.6 Å². The molecule has 0 unspecified atom stereocenters. The lowest BCUT2D eigenvalue weighted by Gasteiger charge is -2.20. The van der Waals surface area contributed by atoms with Crippen LogP contribution in [-0.2, 0) is 6.54 Å². The molecule has 0 aromatic heterocycles. The Hall–Kier alpha value is -0.670. The minimum absolute atomic E-state index is 0.136. The Morgan fingerprint density at radius 1 is 1.20 bits per heavy atom. The molecule has 15 heavy (non-hydrogen) atoms. The van der Waals surface area contributed by atoms with Crippen molar-refractivity contribution in [2.75, 3.05) is 0 Å². The van der Waals surface area contributed by atoms with Crippen molar-refractivity contribution in [1.29, 1.82) is 0 Å². The minimum Gasteiger partial charge on any atom is -0.308 e. The van der Waals surface area contributed by atoms with E-state index in [0.29, 0.717) is 0 Å². The van der Waals surface area contributed by atoms with E-state index in [2.05, 4.69) is 5.32 Å². The fraction of sp³-hybridized carbons (Fsp3) is 0.455. The van der Waals surface area contributed by atoms with Gasteiger partial charge in [0, 0.05) is 17.6 Å². The third-order valence-corrected chi connectivity index (χ3v) is 2.19. The monoisotopic (exact) mass is 233 g/mol. The lowest BCUT2D eigenvalue weighted by molar-refractivity contribution is 0.417. The Kier molecular flexibility index (Phi) is 3.68. The zero-order chi connectivity index (χ0) is 11.6. The van der Waals surface area contributed by atoms with Crippen LogP contribution in [0.15, 0.2) is 12.1 Å². The van der Waals surface area contributed by atoms with E-state index < -0.39 is 11.6 Å². The second kappa shape index (κ2) is 4.45. The number of halogens is 3. The summed E-state index contributed by atoms with van der Waals surface area (Å²) in [6, 6.07) is 2.12. The molecule has 1 aromatic rings. The van der Waals surface area contributed by atoms with Gasteiger partial charge < -0.3 is 5.32 Å². The summed E-state index contributed by atoms with van der Waals surface area (Å²) in [5, 5.41) is 2.89. The van der Waals surface area contributed by atoms with E-state index in [0.717, 1.165) is 12.1 Å². The van der Waals surface area contributed by atoms with Gasteiger partial charge in [0.1, 0.15) is 11.6 Å². The zero-order valence-corrected chi connectivity index (χ0v) is 9.75. The molecule has 1 nitrogen and oxygen atoms in total. The van der Waals surface area contributed by atoms with E-state index in [1.165, 1.54) is 0 Å². The summed E-state index contributed by atoms with van der Waals surface area (Å²) in [6.45, 7) is 6.15. The molecule has 0 atom stereocenters. The van der Waals surface area contributed by atoms with Crippen molar-refractivity contribution in [3.63, 3.8) is 0 Å². The first kappa shape index (κ1) is 12.4. The van der Waals surface area contributed by atoms with Gasteiger partial charge >= 0.3 is 0 Å². The molecule has 0 fully saturated rings. The number of hydrogen-bond acceptors (Lipinski definition) is 1. The van der Waals surface area contributed by atoms with Gasteiger partial charge in [0.25, 0.3) is 0 Å². The van der Waals surface area contributed by atoms with Gasteiger partial charge in [-0.3, -0.25) is 0 Å². The Balaban J connectivity index is 2.82. The fourth-order valence-corrected chi connectivity index (χ4v) is 1.21. The van der Waals surface area contributed by atoms with Gasteiger partial charge in [-0.2, -0.15) is 0 Å². The highest BCUT2D eigenvalue weighted by atomic mass is 35.5. The van der Waals surface area contributed by atoms with Crippen LogP contribution in [0.2, 0.25) is 5.02 Å². The molecule has 1 aromatic carbocycles. The maximum Gasteiger partial charge on any atom is 0.142 e. The van der Waals surface area contributed by atoms with Crippen LogP contribution in [0.3, 0.4) is 0 Å². The van der Waals surface area contributed by atoms with Crippen LogP contribution in [0.1, 0.15) is 26.3 Å². The number of nitrogens with one attached hydrogen (secondary N) is 1. The van der Waals surface area contributed by atoms with Gasteiger partial charge in [0.05, 0.1) is 5.02 Å². The first-order chi connectivity index (χ1) is 6.79. The molecule has 0 aliphatic carbocycles.